The molecule has 0 radical (unpaired) electrons. The Morgan fingerprint density at radius 2 is 2.00 bits per heavy atom. The Kier molecular flexibility index (Phi) is 6.72. The minimum absolute atomic E-state index is 0.102. The standard InChI is InChI=1S/C18H20ClFN2O4S2/c1-2-21(12-13-3-6-17(19)27-13)18(23)15-11-14(4-5-16(15)20)28(24,25)22-7-9-26-10-8-22/h3-6,11H,2,7-10,12H2,1H3. The lowest BCUT2D eigenvalue weighted by atomic mass is 10.2. The predicted molar refractivity (Wildman–Crippen MR) is 106 cm³/mol. The Morgan fingerprint density at radius 1 is 1.29 bits per heavy atom. The van der Waals surface area contributed by atoms with Crippen LogP contribution in [0.3, 0.4) is 0 Å². The summed E-state index contributed by atoms with van der Waals surface area (Å²) in [5, 5.41) is 0. The normalized spacial score (nSPS) is 15.5. The largest absolute Gasteiger partial charge is 0.379 e. The van der Waals surface area contributed by atoms with Crippen LogP contribution in [0.25, 0.3) is 0 Å². The number of halogens is 2. The van der Waals surface area contributed by atoms with Crippen molar-refractivity contribution in [1.82, 2.24) is 9.21 Å². The zero-order valence-corrected chi connectivity index (χ0v) is 17.6. The van der Waals surface area contributed by atoms with Crippen molar-refractivity contribution in [2.75, 3.05) is 32.8 Å². The van der Waals surface area contributed by atoms with Gasteiger partial charge in [-0.15, -0.1) is 11.3 Å². The number of benzene rings is 1. The highest BCUT2D eigenvalue weighted by atomic mass is 35.5. The van der Waals surface area contributed by atoms with Gasteiger partial charge in [0.1, 0.15) is 5.82 Å². The van der Waals surface area contributed by atoms with Crippen LogP contribution in [-0.2, 0) is 21.3 Å². The van der Waals surface area contributed by atoms with Crippen molar-refractivity contribution in [2.24, 2.45) is 0 Å². The number of carbonyl (C=O) groups is 1. The van der Waals surface area contributed by atoms with Crippen molar-refractivity contribution in [3.63, 3.8) is 0 Å². The summed E-state index contributed by atoms with van der Waals surface area (Å²) in [5.74, 6) is -1.32. The van der Waals surface area contributed by atoms with Gasteiger partial charge < -0.3 is 9.64 Å². The molecule has 1 aromatic heterocycles. The molecule has 3 rings (SSSR count). The van der Waals surface area contributed by atoms with E-state index in [1.165, 1.54) is 26.6 Å². The molecule has 1 fully saturated rings. The van der Waals surface area contributed by atoms with Crippen LogP contribution in [0, 0.1) is 5.82 Å². The molecule has 1 aliphatic rings. The average Bonchev–Trinajstić information content (AvgIpc) is 3.11. The number of ether oxygens (including phenoxy) is 1. The predicted octanol–water partition coefficient (Wildman–Crippen LogP) is 3.22. The molecule has 0 N–H and O–H groups in total. The van der Waals surface area contributed by atoms with Gasteiger partial charge in [0.2, 0.25) is 10.0 Å². The zero-order chi connectivity index (χ0) is 20.3. The monoisotopic (exact) mass is 446 g/mol. The molecular formula is C18H20ClFN2O4S2. The van der Waals surface area contributed by atoms with Gasteiger partial charge in [-0.25, -0.2) is 12.8 Å². The Labute approximate surface area is 172 Å². The quantitative estimate of drug-likeness (QED) is 0.683. The molecule has 28 heavy (non-hydrogen) atoms. The lowest BCUT2D eigenvalue weighted by Crippen LogP contribution is -2.40. The molecule has 2 heterocycles. The van der Waals surface area contributed by atoms with Gasteiger partial charge in [0.15, 0.2) is 0 Å². The molecule has 1 aromatic carbocycles. The summed E-state index contributed by atoms with van der Waals surface area (Å²) >= 11 is 7.27. The van der Waals surface area contributed by atoms with Crippen molar-refractivity contribution in [3.8, 4) is 0 Å². The third-order valence-electron chi connectivity index (χ3n) is 4.42. The Bertz CT molecular complexity index is 958. The third kappa shape index (κ3) is 4.55. The molecule has 10 heteroatoms. The molecule has 0 bridgehead atoms. The minimum Gasteiger partial charge on any atom is -0.379 e. The molecule has 1 aliphatic heterocycles. The highest BCUT2D eigenvalue weighted by molar-refractivity contribution is 7.89. The highest BCUT2D eigenvalue weighted by Crippen LogP contribution is 2.25. The summed E-state index contributed by atoms with van der Waals surface area (Å²) < 4.78 is 47.1. The van der Waals surface area contributed by atoms with Crippen molar-refractivity contribution < 1.29 is 22.3 Å². The third-order valence-corrected chi connectivity index (χ3v) is 7.53. The minimum atomic E-state index is -3.82. The molecule has 0 unspecified atom stereocenters. The first-order chi connectivity index (χ1) is 13.3. The molecule has 152 valence electrons. The lowest BCUT2D eigenvalue weighted by Gasteiger charge is -2.26. The second-order valence-electron chi connectivity index (χ2n) is 6.18. The van der Waals surface area contributed by atoms with Crippen molar-refractivity contribution in [1.29, 1.82) is 0 Å². The molecule has 1 saturated heterocycles. The van der Waals surface area contributed by atoms with Gasteiger partial charge in [-0.3, -0.25) is 4.79 Å². The first-order valence-corrected chi connectivity index (χ1v) is 11.4. The van der Waals surface area contributed by atoms with Crippen LogP contribution in [0.4, 0.5) is 4.39 Å². The summed E-state index contributed by atoms with van der Waals surface area (Å²) in [7, 11) is -3.82. The van der Waals surface area contributed by atoms with Crippen LogP contribution in [0.2, 0.25) is 4.34 Å². The number of morpholine rings is 1. The smallest absolute Gasteiger partial charge is 0.257 e. The van der Waals surface area contributed by atoms with Gasteiger partial charge in [0.05, 0.1) is 34.6 Å². The van der Waals surface area contributed by atoms with E-state index in [2.05, 4.69) is 0 Å². The summed E-state index contributed by atoms with van der Waals surface area (Å²) in [6.07, 6.45) is 0. The fraction of sp³-hybridized carbons (Fsp3) is 0.389. The summed E-state index contributed by atoms with van der Waals surface area (Å²) in [5.41, 5.74) is -0.265. The van der Waals surface area contributed by atoms with Crippen molar-refractivity contribution >= 4 is 38.9 Å². The molecule has 0 spiro atoms. The molecule has 0 aliphatic carbocycles. The van der Waals surface area contributed by atoms with Gasteiger partial charge in [-0.05, 0) is 37.3 Å². The van der Waals surface area contributed by atoms with Crippen LogP contribution < -0.4 is 0 Å². The second kappa shape index (κ2) is 8.87. The number of nitrogens with zero attached hydrogens (tertiary/aromatic N) is 2. The van der Waals surface area contributed by atoms with Crippen LogP contribution in [0.1, 0.15) is 22.2 Å². The van der Waals surface area contributed by atoms with E-state index in [4.69, 9.17) is 16.3 Å². The molecule has 0 atom stereocenters. The summed E-state index contributed by atoms with van der Waals surface area (Å²) in [6, 6.07) is 6.86. The number of hydrogen-bond donors (Lipinski definition) is 0. The SMILES string of the molecule is CCN(Cc1ccc(Cl)s1)C(=O)c1cc(S(=O)(=O)N2CCOCC2)ccc1F. The number of rotatable bonds is 6. The van der Waals surface area contributed by atoms with E-state index in [0.29, 0.717) is 24.1 Å². The first-order valence-electron chi connectivity index (χ1n) is 8.74. The van der Waals surface area contributed by atoms with Crippen LogP contribution in [0.15, 0.2) is 35.2 Å². The van der Waals surface area contributed by atoms with Crippen molar-refractivity contribution in [2.45, 2.75) is 18.4 Å². The zero-order valence-electron chi connectivity index (χ0n) is 15.2. The molecule has 0 saturated carbocycles. The van der Waals surface area contributed by atoms with E-state index in [0.717, 1.165) is 17.0 Å². The number of sulfonamides is 1. The fourth-order valence-corrected chi connectivity index (χ4v) is 5.43. The molecule has 2 aromatic rings. The lowest BCUT2D eigenvalue weighted by molar-refractivity contribution is 0.0729. The number of thiophene rings is 1. The fourth-order valence-electron chi connectivity index (χ4n) is 2.89. The van der Waals surface area contributed by atoms with Crippen LogP contribution in [0.5, 0.6) is 0 Å². The number of carbonyl (C=O) groups excluding carboxylic acids is 1. The maximum absolute atomic E-state index is 14.4. The van der Waals surface area contributed by atoms with E-state index in [9.17, 15) is 17.6 Å². The van der Waals surface area contributed by atoms with Crippen LogP contribution >= 0.6 is 22.9 Å². The van der Waals surface area contributed by atoms with Gasteiger partial charge >= 0.3 is 0 Å². The Balaban J connectivity index is 1.88. The van der Waals surface area contributed by atoms with E-state index in [1.807, 2.05) is 0 Å². The number of hydrogen-bond acceptors (Lipinski definition) is 5. The van der Waals surface area contributed by atoms with Gasteiger partial charge in [0, 0.05) is 24.5 Å². The topological polar surface area (TPSA) is 66.9 Å². The Morgan fingerprint density at radius 3 is 2.61 bits per heavy atom. The first kappa shape index (κ1) is 21.2. The van der Waals surface area contributed by atoms with Crippen LogP contribution in [-0.4, -0.2) is 56.4 Å². The number of amides is 1. The van der Waals surface area contributed by atoms with E-state index >= 15 is 0 Å². The average molecular weight is 447 g/mol. The molecule has 1 amide bonds. The van der Waals surface area contributed by atoms with Gasteiger partial charge in [-0.1, -0.05) is 11.6 Å². The maximum Gasteiger partial charge on any atom is 0.257 e. The van der Waals surface area contributed by atoms with E-state index < -0.39 is 21.7 Å². The van der Waals surface area contributed by atoms with Gasteiger partial charge in [-0.2, -0.15) is 4.31 Å². The van der Waals surface area contributed by atoms with Gasteiger partial charge in [0.25, 0.3) is 5.91 Å². The summed E-state index contributed by atoms with van der Waals surface area (Å²) in [4.78, 5) is 15.1. The van der Waals surface area contributed by atoms with E-state index in [-0.39, 0.29) is 30.1 Å². The molecular weight excluding hydrogens is 427 g/mol. The Hall–Kier alpha value is -1.52. The van der Waals surface area contributed by atoms with Crippen molar-refractivity contribution in [3.05, 3.63) is 50.9 Å². The van der Waals surface area contributed by atoms with E-state index in [1.54, 1.807) is 19.1 Å². The highest BCUT2D eigenvalue weighted by Gasteiger charge is 2.28. The second-order valence-corrected chi connectivity index (χ2v) is 9.92. The summed E-state index contributed by atoms with van der Waals surface area (Å²) in [6.45, 7) is 3.45. The molecule has 6 nitrogen and oxygen atoms in total. The maximum atomic E-state index is 14.4.